The minimum atomic E-state index is -0.185. The van der Waals surface area contributed by atoms with Crippen LogP contribution in [0.15, 0.2) is 18.2 Å². The lowest BCUT2D eigenvalue weighted by molar-refractivity contribution is -0.121. The molecule has 1 unspecified atom stereocenters. The van der Waals surface area contributed by atoms with Crippen LogP contribution in [-0.2, 0) is 11.2 Å². The van der Waals surface area contributed by atoms with Crippen LogP contribution in [0.25, 0.3) is 0 Å². The third kappa shape index (κ3) is 3.73. The smallest absolute Gasteiger partial charge is 0.234 e. The number of carbonyl (C=O) groups is 1. The third-order valence-electron chi connectivity index (χ3n) is 3.45. The largest absolute Gasteiger partial charge is 0.497 e. The Hall–Kier alpha value is -1.55. The van der Waals surface area contributed by atoms with Crippen LogP contribution < -0.4 is 15.4 Å². The summed E-state index contributed by atoms with van der Waals surface area (Å²) in [6.07, 6.45) is 2.09. The molecule has 4 nitrogen and oxygen atoms in total. The molecule has 1 aromatic carbocycles. The van der Waals surface area contributed by atoms with Gasteiger partial charge in [0.2, 0.25) is 5.91 Å². The standard InChI is InChI=1S/C16H24N2O2/c1-16(2,3)18-15(19)10-17-14-8-6-11-5-7-12(20-4)9-13(11)14/h5,7,9,14,17H,6,8,10H2,1-4H3,(H,18,19). The molecule has 0 aromatic heterocycles. The van der Waals surface area contributed by atoms with Crippen LogP contribution in [0.2, 0.25) is 0 Å². The van der Waals surface area contributed by atoms with E-state index < -0.39 is 0 Å². The van der Waals surface area contributed by atoms with Crippen LogP contribution >= 0.6 is 0 Å². The summed E-state index contributed by atoms with van der Waals surface area (Å²) in [7, 11) is 1.68. The van der Waals surface area contributed by atoms with Crippen LogP contribution in [0.1, 0.15) is 44.4 Å². The quantitative estimate of drug-likeness (QED) is 0.886. The molecule has 4 heteroatoms. The van der Waals surface area contributed by atoms with Gasteiger partial charge in [0.05, 0.1) is 13.7 Å². The van der Waals surface area contributed by atoms with Crippen molar-refractivity contribution < 1.29 is 9.53 Å². The van der Waals surface area contributed by atoms with Crippen LogP contribution in [0.5, 0.6) is 5.75 Å². The molecular formula is C16H24N2O2. The van der Waals surface area contributed by atoms with E-state index in [1.54, 1.807) is 7.11 Å². The van der Waals surface area contributed by atoms with Gasteiger partial charge in [0.15, 0.2) is 0 Å². The lowest BCUT2D eigenvalue weighted by Gasteiger charge is -2.22. The maximum absolute atomic E-state index is 11.9. The zero-order chi connectivity index (χ0) is 14.8. The predicted molar refractivity (Wildman–Crippen MR) is 80.0 cm³/mol. The van der Waals surface area contributed by atoms with E-state index in [1.807, 2.05) is 26.8 Å². The summed E-state index contributed by atoms with van der Waals surface area (Å²) in [5.74, 6) is 0.908. The van der Waals surface area contributed by atoms with E-state index in [0.717, 1.165) is 18.6 Å². The van der Waals surface area contributed by atoms with Crippen molar-refractivity contribution >= 4 is 5.91 Å². The zero-order valence-corrected chi connectivity index (χ0v) is 12.7. The zero-order valence-electron chi connectivity index (χ0n) is 12.7. The van der Waals surface area contributed by atoms with Gasteiger partial charge in [-0.3, -0.25) is 4.79 Å². The molecule has 1 aliphatic rings. The highest BCUT2D eigenvalue weighted by Gasteiger charge is 2.23. The number of amides is 1. The van der Waals surface area contributed by atoms with E-state index in [2.05, 4.69) is 22.8 Å². The molecule has 20 heavy (non-hydrogen) atoms. The minimum Gasteiger partial charge on any atom is -0.497 e. The van der Waals surface area contributed by atoms with Crippen molar-refractivity contribution in [1.82, 2.24) is 10.6 Å². The monoisotopic (exact) mass is 276 g/mol. The van der Waals surface area contributed by atoms with Gasteiger partial charge in [0.25, 0.3) is 0 Å². The Morgan fingerprint density at radius 2 is 2.15 bits per heavy atom. The Kier molecular flexibility index (Phi) is 4.33. The Balaban J connectivity index is 1.95. The van der Waals surface area contributed by atoms with Crippen LogP contribution in [0.4, 0.5) is 0 Å². The molecule has 0 fully saturated rings. The second-order valence-electron chi connectivity index (χ2n) is 6.34. The maximum atomic E-state index is 11.9. The summed E-state index contributed by atoms with van der Waals surface area (Å²) in [5, 5.41) is 6.31. The molecule has 0 spiro atoms. The number of hydrogen-bond acceptors (Lipinski definition) is 3. The number of carbonyl (C=O) groups excluding carboxylic acids is 1. The van der Waals surface area contributed by atoms with E-state index in [1.165, 1.54) is 11.1 Å². The highest BCUT2D eigenvalue weighted by atomic mass is 16.5. The lowest BCUT2D eigenvalue weighted by atomic mass is 10.1. The molecule has 2 N–H and O–H groups in total. The third-order valence-corrected chi connectivity index (χ3v) is 3.45. The fraction of sp³-hybridized carbons (Fsp3) is 0.562. The van der Waals surface area contributed by atoms with E-state index in [4.69, 9.17) is 4.74 Å². The van der Waals surface area contributed by atoms with Crippen molar-refractivity contribution in [2.75, 3.05) is 13.7 Å². The number of rotatable bonds is 4. The van der Waals surface area contributed by atoms with Crippen molar-refractivity contribution in [3.05, 3.63) is 29.3 Å². The van der Waals surface area contributed by atoms with Gasteiger partial charge < -0.3 is 15.4 Å². The molecule has 0 aliphatic heterocycles. The Bertz CT molecular complexity index is 492. The fourth-order valence-electron chi connectivity index (χ4n) is 2.60. The summed E-state index contributed by atoms with van der Waals surface area (Å²) in [5.41, 5.74) is 2.42. The van der Waals surface area contributed by atoms with Crippen LogP contribution in [-0.4, -0.2) is 25.1 Å². The van der Waals surface area contributed by atoms with E-state index >= 15 is 0 Å². The van der Waals surface area contributed by atoms with Gasteiger partial charge in [-0.2, -0.15) is 0 Å². The van der Waals surface area contributed by atoms with E-state index in [-0.39, 0.29) is 17.5 Å². The topological polar surface area (TPSA) is 50.4 Å². The molecule has 1 aromatic rings. The maximum Gasteiger partial charge on any atom is 0.234 e. The first-order valence-corrected chi connectivity index (χ1v) is 7.10. The Morgan fingerprint density at radius 1 is 1.40 bits per heavy atom. The molecule has 0 radical (unpaired) electrons. The predicted octanol–water partition coefficient (Wildman–Crippen LogP) is 2.19. The molecule has 0 saturated heterocycles. The van der Waals surface area contributed by atoms with Crippen molar-refractivity contribution in [3.8, 4) is 5.75 Å². The summed E-state index contributed by atoms with van der Waals surface area (Å²) < 4.78 is 5.27. The van der Waals surface area contributed by atoms with Gasteiger partial charge in [-0.15, -0.1) is 0 Å². The number of methoxy groups -OCH3 is 1. The van der Waals surface area contributed by atoms with Crippen molar-refractivity contribution in [2.24, 2.45) is 0 Å². The van der Waals surface area contributed by atoms with Crippen molar-refractivity contribution in [3.63, 3.8) is 0 Å². The van der Waals surface area contributed by atoms with Gasteiger partial charge in [-0.1, -0.05) is 6.07 Å². The molecule has 0 bridgehead atoms. The van der Waals surface area contributed by atoms with Gasteiger partial charge >= 0.3 is 0 Å². The normalized spacial score (nSPS) is 17.7. The SMILES string of the molecule is COc1ccc2c(c1)C(NCC(=O)NC(C)(C)C)CC2. The minimum absolute atomic E-state index is 0.0360. The number of aryl methyl sites for hydroxylation is 1. The molecule has 0 heterocycles. The number of hydrogen-bond donors (Lipinski definition) is 2. The highest BCUT2D eigenvalue weighted by Crippen LogP contribution is 2.33. The number of benzene rings is 1. The van der Waals surface area contributed by atoms with Crippen LogP contribution in [0.3, 0.4) is 0 Å². The lowest BCUT2D eigenvalue weighted by Crippen LogP contribution is -2.45. The molecule has 1 amide bonds. The van der Waals surface area contributed by atoms with E-state index in [9.17, 15) is 4.79 Å². The average Bonchev–Trinajstić information content (AvgIpc) is 2.76. The summed E-state index contributed by atoms with van der Waals surface area (Å²) >= 11 is 0. The molecule has 2 rings (SSSR count). The first kappa shape index (κ1) is 14.9. The summed E-state index contributed by atoms with van der Waals surface area (Å²) in [4.78, 5) is 11.9. The first-order valence-electron chi connectivity index (χ1n) is 7.10. The molecular weight excluding hydrogens is 252 g/mol. The summed E-state index contributed by atoms with van der Waals surface area (Å²) in [6, 6.07) is 6.42. The number of fused-ring (bicyclic) bond motifs is 1. The second kappa shape index (κ2) is 5.83. The molecule has 110 valence electrons. The molecule has 1 atom stereocenters. The highest BCUT2D eigenvalue weighted by molar-refractivity contribution is 5.78. The van der Waals surface area contributed by atoms with Crippen molar-refractivity contribution in [1.29, 1.82) is 0 Å². The summed E-state index contributed by atoms with van der Waals surface area (Å²) in [6.45, 7) is 6.31. The first-order chi connectivity index (χ1) is 9.39. The van der Waals surface area contributed by atoms with E-state index in [0.29, 0.717) is 6.54 Å². The van der Waals surface area contributed by atoms with Gasteiger partial charge in [0, 0.05) is 11.6 Å². The Morgan fingerprint density at radius 3 is 2.80 bits per heavy atom. The number of nitrogens with one attached hydrogen (secondary N) is 2. The van der Waals surface area contributed by atoms with Gasteiger partial charge in [0.1, 0.15) is 5.75 Å². The van der Waals surface area contributed by atoms with Gasteiger partial charge in [-0.25, -0.2) is 0 Å². The van der Waals surface area contributed by atoms with Gasteiger partial charge in [-0.05, 0) is 56.9 Å². The number of ether oxygens (including phenoxy) is 1. The molecule has 1 aliphatic carbocycles. The average molecular weight is 276 g/mol. The van der Waals surface area contributed by atoms with Crippen LogP contribution in [0, 0.1) is 0 Å². The Labute approximate surface area is 120 Å². The fourth-order valence-corrected chi connectivity index (χ4v) is 2.60. The molecule has 0 saturated carbocycles. The van der Waals surface area contributed by atoms with Crippen molar-refractivity contribution in [2.45, 2.75) is 45.2 Å². The second-order valence-corrected chi connectivity index (χ2v) is 6.34.